The summed E-state index contributed by atoms with van der Waals surface area (Å²) in [5, 5.41) is 11.6. The number of carbonyl (C=O) groups is 4. The summed E-state index contributed by atoms with van der Waals surface area (Å²) < 4.78 is 43.5. The van der Waals surface area contributed by atoms with Crippen LogP contribution in [-0.4, -0.2) is 58.6 Å². The third kappa shape index (κ3) is 4.34. The van der Waals surface area contributed by atoms with Crippen LogP contribution in [0.3, 0.4) is 0 Å². The lowest BCUT2D eigenvalue weighted by atomic mass is 9.69. The number of allylic oxidation sites excluding steroid dienone is 3. The SMILES string of the molecule is C[C@]1(N)C(=O)OOCCCN1NC1=C(OC(=O)C(F)(F)F)C=C(O)C2C(=O)c3ccccc3C(=O)C12. The highest BCUT2D eigenvalue weighted by Crippen LogP contribution is 2.42. The van der Waals surface area contributed by atoms with E-state index in [-0.39, 0.29) is 30.7 Å². The van der Waals surface area contributed by atoms with E-state index in [9.17, 15) is 37.5 Å². The standard InChI is InChI=1S/C22H20F3N3O8/c1-21(26)19(32)36-34-8-4-7-28(21)27-16-13(35-20(33)22(23,24)25)9-12(29)14-15(16)18(31)11-6-3-2-5-10(11)17(14)30/h2-3,5-6,9,14-15,27,29H,4,7-8,26H2,1H3/t14?,15?,21-/m1/s1. The van der Waals surface area contributed by atoms with E-state index in [0.717, 1.165) is 5.01 Å². The van der Waals surface area contributed by atoms with E-state index >= 15 is 0 Å². The fraction of sp³-hybridized carbons (Fsp3) is 0.364. The topological polar surface area (TPSA) is 157 Å². The van der Waals surface area contributed by atoms with Crippen LogP contribution in [0, 0.1) is 11.8 Å². The molecule has 36 heavy (non-hydrogen) atoms. The second kappa shape index (κ2) is 9.04. The van der Waals surface area contributed by atoms with Gasteiger partial charge in [0.25, 0.3) is 0 Å². The Kier molecular flexibility index (Phi) is 6.36. The van der Waals surface area contributed by atoms with Gasteiger partial charge in [-0.2, -0.15) is 23.1 Å². The van der Waals surface area contributed by atoms with E-state index in [1.54, 1.807) is 0 Å². The average molecular weight is 511 g/mol. The number of rotatable bonds is 3. The largest absolute Gasteiger partial charge is 0.511 e. The van der Waals surface area contributed by atoms with Gasteiger partial charge in [0, 0.05) is 23.7 Å². The number of nitrogens with one attached hydrogen (secondary N) is 1. The number of benzene rings is 1. The highest BCUT2D eigenvalue weighted by atomic mass is 19.4. The highest BCUT2D eigenvalue weighted by molar-refractivity contribution is 6.18. The zero-order chi connectivity index (χ0) is 26.4. The number of ketones is 2. The number of Topliss-reactive ketones (excluding diaryl/α,β-unsaturated/α-hetero) is 2. The highest BCUT2D eigenvalue weighted by Gasteiger charge is 2.51. The number of esters is 1. The minimum atomic E-state index is -5.42. The molecule has 4 rings (SSSR count). The quantitative estimate of drug-likeness (QED) is 0.398. The number of hydrogen-bond donors (Lipinski definition) is 3. The van der Waals surface area contributed by atoms with E-state index in [0.29, 0.717) is 6.08 Å². The van der Waals surface area contributed by atoms with Gasteiger partial charge in [-0.05, 0) is 13.3 Å². The van der Waals surface area contributed by atoms with E-state index < -0.39 is 64.4 Å². The summed E-state index contributed by atoms with van der Waals surface area (Å²) in [4.78, 5) is 60.0. The van der Waals surface area contributed by atoms with Crippen LogP contribution >= 0.6 is 0 Å². The summed E-state index contributed by atoms with van der Waals surface area (Å²) in [5.74, 6) is -9.94. The number of aliphatic hydroxyl groups excluding tert-OH is 1. The van der Waals surface area contributed by atoms with Crippen LogP contribution < -0.4 is 11.2 Å². The summed E-state index contributed by atoms with van der Waals surface area (Å²) in [6.07, 6.45) is -4.56. The first-order valence-electron chi connectivity index (χ1n) is 10.6. The Balaban J connectivity index is 1.85. The Hall–Kier alpha value is -3.75. The number of carbonyl (C=O) groups excluding carboxylic acids is 4. The number of halogens is 3. The molecule has 0 aromatic heterocycles. The Morgan fingerprint density at radius 3 is 2.42 bits per heavy atom. The first-order valence-corrected chi connectivity index (χ1v) is 10.6. The van der Waals surface area contributed by atoms with E-state index in [4.69, 9.17) is 10.6 Å². The molecule has 2 aliphatic carbocycles. The van der Waals surface area contributed by atoms with Gasteiger partial charge in [-0.1, -0.05) is 24.3 Å². The maximum Gasteiger partial charge on any atom is 0.491 e. The molecule has 0 radical (unpaired) electrons. The molecule has 0 saturated carbocycles. The van der Waals surface area contributed by atoms with Gasteiger partial charge in [0.1, 0.15) is 5.76 Å². The van der Waals surface area contributed by atoms with Crippen LogP contribution in [0.15, 0.2) is 47.6 Å². The minimum Gasteiger partial charge on any atom is -0.511 e. The molecule has 14 heteroatoms. The van der Waals surface area contributed by atoms with Crippen molar-refractivity contribution in [1.29, 1.82) is 0 Å². The first-order chi connectivity index (χ1) is 16.8. The van der Waals surface area contributed by atoms with Crippen molar-refractivity contribution in [2.24, 2.45) is 17.6 Å². The average Bonchev–Trinajstić information content (AvgIpc) is 2.80. The minimum absolute atomic E-state index is 0.00874. The van der Waals surface area contributed by atoms with Gasteiger partial charge in [0.15, 0.2) is 23.0 Å². The number of ether oxygens (including phenoxy) is 1. The Morgan fingerprint density at radius 2 is 1.81 bits per heavy atom. The predicted molar refractivity (Wildman–Crippen MR) is 111 cm³/mol. The molecular weight excluding hydrogens is 491 g/mol. The summed E-state index contributed by atoms with van der Waals surface area (Å²) >= 11 is 0. The number of nitrogens with two attached hydrogens (primary N) is 1. The molecule has 4 N–H and O–H groups in total. The molecule has 1 fully saturated rings. The molecule has 1 aliphatic heterocycles. The lowest BCUT2D eigenvalue weighted by Gasteiger charge is -2.42. The van der Waals surface area contributed by atoms with Crippen LogP contribution in [0.4, 0.5) is 13.2 Å². The zero-order valence-electron chi connectivity index (χ0n) is 18.6. The van der Waals surface area contributed by atoms with E-state index in [2.05, 4.69) is 15.1 Å². The predicted octanol–water partition coefficient (Wildman–Crippen LogP) is 1.43. The second-order valence-electron chi connectivity index (χ2n) is 8.42. The Labute approximate surface area is 201 Å². The Morgan fingerprint density at radius 1 is 1.19 bits per heavy atom. The summed E-state index contributed by atoms with van der Waals surface area (Å²) in [5.41, 5.74) is 6.20. The van der Waals surface area contributed by atoms with Gasteiger partial charge in [0.2, 0.25) is 0 Å². The normalized spacial score (nSPS) is 27.2. The maximum atomic E-state index is 13.5. The lowest BCUT2D eigenvalue weighted by Crippen LogP contribution is -2.66. The molecule has 3 atom stereocenters. The number of alkyl halides is 3. The van der Waals surface area contributed by atoms with Gasteiger partial charge in [-0.3, -0.25) is 14.5 Å². The van der Waals surface area contributed by atoms with Crippen molar-refractivity contribution >= 4 is 23.5 Å². The number of fused-ring (bicyclic) bond motifs is 2. The molecule has 1 heterocycles. The van der Waals surface area contributed by atoms with Crippen molar-refractivity contribution in [2.75, 3.05) is 13.2 Å². The van der Waals surface area contributed by atoms with Crippen molar-refractivity contribution in [3.63, 3.8) is 0 Å². The summed E-state index contributed by atoms with van der Waals surface area (Å²) in [6.45, 7) is 1.11. The summed E-state index contributed by atoms with van der Waals surface area (Å²) in [7, 11) is 0. The van der Waals surface area contributed by atoms with Crippen molar-refractivity contribution in [3.05, 3.63) is 58.7 Å². The molecule has 3 aliphatic rings. The molecule has 0 spiro atoms. The van der Waals surface area contributed by atoms with E-state index in [1.807, 2.05) is 0 Å². The number of hydrazine groups is 1. The molecule has 2 unspecified atom stereocenters. The monoisotopic (exact) mass is 511 g/mol. The second-order valence-corrected chi connectivity index (χ2v) is 8.42. The number of aliphatic hydroxyl groups is 1. The van der Waals surface area contributed by atoms with Crippen LogP contribution in [0.25, 0.3) is 0 Å². The van der Waals surface area contributed by atoms with Gasteiger partial charge in [-0.15, -0.1) is 0 Å². The first kappa shape index (κ1) is 25.3. The molecule has 11 nitrogen and oxygen atoms in total. The van der Waals surface area contributed by atoms with Crippen molar-refractivity contribution < 1.29 is 52.0 Å². The van der Waals surface area contributed by atoms with Gasteiger partial charge in [-0.25, -0.2) is 9.59 Å². The fourth-order valence-electron chi connectivity index (χ4n) is 4.10. The van der Waals surface area contributed by atoms with Crippen LogP contribution in [0.5, 0.6) is 0 Å². The molecule has 0 amide bonds. The third-order valence-corrected chi connectivity index (χ3v) is 5.94. The van der Waals surface area contributed by atoms with Crippen LogP contribution in [0.2, 0.25) is 0 Å². The number of hydrogen-bond acceptors (Lipinski definition) is 11. The number of nitrogens with zero attached hydrogens (tertiary/aromatic N) is 1. The molecular formula is C22H20F3N3O8. The van der Waals surface area contributed by atoms with E-state index in [1.165, 1.54) is 31.2 Å². The third-order valence-electron chi connectivity index (χ3n) is 5.94. The smallest absolute Gasteiger partial charge is 0.491 e. The van der Waals surface area contributed by atoms with Crippen LogP contribution in [0.1, 0.15) is 34.1 Å². The van der Waals surface area contributed by atoms with Crippen molar-refractivity contribution in [3.8, 4) is 0 Å². The molecule has 0 bridgehead atoms. The van der Waals surface area contributed by atoms with Crippen molar-refractivity contribution in [1.82, 2.24) is 10.4 Å². The maximum absolute atomic E-state index is 13.5. The van der Waals surface area contributed by atoms with Crippen LogP contribution in [-0.2, 0) is 24.1 Å². The summed E-state index contributed by atoms with van der Waals surface area (Å²) in [6, 6.07) is 5.71. The molecule has 1 aromatic carbocycles. The Bertz CT molecular complexity index is 1210. The molecule has 192 valence electrons. The fourth-order valence-corrected chi connectivity index (χ4v) is 4.10. The van der Waals surface area contributed by atoms with Gasteiger partial charge < -0.3 is 21.0 Å². The molecule has 1 saturated heterocycles. The zero-order valence-corrected chi connectivity index (χ0v) is 18.6. The van der Waals surface area contributed by atoms with Gasteiger partial charge in [0.05, 0.1) is 24.1 Å². The molecule has 1 aromatic rings. The van der Waals surface area contributed by atoms with Gasteiger partial charge >= 0.3 is 18.1 Å². The van der Waals surface area contributed by atoms with Crippen molar-refractivity contribution in [2.45, 2.75) is 25.2 Å². The lowest BCUT2D eigenvalue weighted by molar-refractivity contribution is -0.288.